The summed E-state index contributed by atoms with van der Waals surface area (Å²) in [5.41, 5.74) is -0.476. The number of nitrogens with one attached hydrogen (secondary N) is 1. The Labute approximate surface area is 117 Å². The minimum absolute atomic E-state index is 0.113. The average molecular weight is 305 g/mol. The molecule has 0 aliphatic heterocycles. The Hall–Kier alpha value is -2.12. The fourth-order valence-electron chi connectivity index (χ4n) is 1.88. The highest BCUT2D eigenvalue weighted by Crippen LogP contribution is 2.27. The fourth-order valence-corrected chi connectivity index (χ4v) is 1.88. The summed E-state index contributed by atoms with van der Waals surface area (Å²) in [6, 6.07) is 0. The van der Waals surface area contributed by atoms with Gasteiger partial charge in [-0.15, -0.1) is 0 Å². The molecule has 2 aromatic rings. The molecule has 0 spiro atoms. The molecule has 1 N–H and O–H groups in total. The highest BCUT2D eigenvalue weighted by Gasteiger charge is 2.25. The predicted octanol–water partition coefficient (Wildman–Crippen LogP) is 3.60. The van der Waals surface area contributed by atoms with E-state index < -0.39 is 34.8 Å². The maximum absolute atomic E-state index is 13.5. The molecule has 3 nitrogen and oxygen atoms in total. The molecule has 114 valence electrons. The van der Waals surface area contributed by atoms with Crippen LogP contribution in [0.4, 0.5) is 27.6 Å². The molecule has 0 aliphatic rings. The number of aromatic nitrogens is 2. The molecule has 1 heterocycles. The first-order valence-electron chi connectivity index (χ1n) is 6.21. The van der Waals surface area contributed by atoms with Gasteiger partial charge in [0.1, 0.15) is 5.69 Å². The van der Waals surface area contributed by atoms with Gasteiger partial charge >= 0.3 is 0 Å². The molecule has 1 aromatic heterocycles. The molecule has 0 bridgehead atoms. The molecule has 0 amide bonds. The minimum atomic E-state index is -2.17. The van der Waals surface area contributed by atoms with Gasteiger partial charge in [-0.2, -0.15) is 0 Å². The van der Waals surface area contributed by atoms with E-state index in [-0.39, 0.29) is 6.54 Å². The number of aryl methyl sites for hydroxylation is 1. The van der Waals surface area contributed by atoms with E-state index in [0.717, 1.165) is 6.42 Å². The summed E-state index contributed by atoms with van der Waals surface area (Å²) in [6.07, 6.45) is 3.79. The Morgan fingerprint density at radius 2 is 1.57 bits per heavy atom. The van der Waals surface area contributed by atoms with Gasteiger partial charge in [-0.3, -0.25) is 0 Å². The smallest absolute Gasteiger partial charge is 0.200 e. The normalized spacial score (nSPS) is 11.0. The van der Waals surface area contributed by atoms with Crippen molar-refractivity contribution in [2.24, 2.45) is 0 Å². The van der Waals surface area contributed by atoms with Crippen molar-refractivity contribution in [2.75, 3.05) is 5.32 Å². The highest BCUT2D eigenvalue weighted by atomic mass is 19.2. The van der Waals surface area contributed by atoms with Crippen molar-refractivity contribution in [1.82, 2.24) is 9.55 Å². The summed E-state index contributed by atoms with van der Waals surface area (Å²) in [6.45, 7) is 2.45. The van der Waals surface area contributed by atoms with Gasteiger partial charge in [-0.1, -0.05) is 6.92 Å². The highest BCUT2D eigenvalue weighted by molar-refractivity contribution is 5.47. The second-order valence-electron chi connectivity index (χ2n) is 4.38. The number of imidazole rings is 1. The van der Waals surface area contributed by atoms with Crippen LogP contribution >= 0.6 is 0 Å². The molecule has 0 atom stereocenters. The van der Waals surface area contributed by atoms with Gasteiger partial charge in [0.15, 0.2) is 23.3 Å². The van der Waals surface area contributed by atoms with Crippen LogP contribution in [0, 0.1) is 29.1 Å². The van der Waals surface area contributed by atoms with E-state index in [1.165, 1.54) is 12.5 Å². The lowest BCUT2D eigenvalue weighted by Gasteiger charge is -2.12. The van der Waals surface area contributed by atoms with E-state index in [1.54, 1.807) is 4.57 Å². The summed E-state index contributed by atoms with van der Waals surface area (Å²) in [4.78, 5) is 3.87. The van der Waals surface area contributed by atoms with Crippen molar-refractivity contribution in [3.63, 3.8) is 0 Å². The number of nitrogens with zero attached hydrogens (tertiary/aromatic N) is 2. The van der Waals surface area contributed by atoms with Gasteiger partial charge in [0.2, 0.25) is 5.82 Å². The molecule has 0 fully saturated rings. The van der Waals surface area contributed by atoms with E-state index >= 15 is 0 Å². The van der Waals surface area contributed by atoms with Crippen molar-refractivity contribution in [3.05, 3.63) is 47.3 Å². The largest absolute Gasteiger partial charge is 0.374 e. The molecular formula is C13H12F5N3. The summed E-state index contributed by atoms with van der Waals surface area (Å²) in [5, 5.41) is 2.23. The van der Waals surface area contributed by atoms with Gasteiger partial charge in [0.25, 0.3) is 0 Å². The molecule has 0 saturated carbocycles. The van der Waals surface area contributed by atoms with Gasteiger partial charge in [0.05, 0.1) is 18.6 Å². The summed E-state index contributed by atoms with van der Waals surface area (Å²) < 4.78 is 67.7. The Morgan fingerprint density at radius 3 is 2.14 bits per heavy atom. The average Bonchev–Trinajstić information content (AvgIpc) is 2.91. The Balaban J connectivity index is 2.26. The van der Waals surface area contributed by atoms with E-state index in [4.69, 9.17) is 0 Å². The molecule has 1 aromatic carbocycles. The van der Waals surface area contributed by atoms with Crippen LogP contribution in [0.5, 0.6) is 0 Å². The van der Waals surface area contributed by atoms with Crippen molar-refractivity contribution in [2.45, 2.75) is 26.4 Å². The lowest BCUT2D eigenvalue weighted by atomic mass is 10.2. The molecule has 0 saturated heterocycles. The lowest BCUT2D eigenvalue weighted by Crippen LogP contribution is -2.12. The van der Waals surface area contributed by atoms with Crippen molar-refractivity contribution in [1.29, 1.82) is 0 Å². The van der Waals surface area contributed by atoms with Crippen LogP contribution < -0.4 is 5.32 Å². The lowest BCUT2D eigenvalue weighted by molar-refractivity contribution is 0.381. The Bertz CT molecular complexity index is 624. The number of anilines is 1. The number of rotatable bonds is 5. The maximum Gasteiger partial charge on any atom is 0.200 e. The van der Waals surface area contributed by atoms with Gasteiger partial charge in [-0.05, 0) is 6.42 Å². The van der Waals surface area contributed by atoms with Crippen molar-refractivity contribution in [3.8, 4) is 0 Å². The molecule has 0 aliphatic carbocycles. The van der Waals surface area contributed by atoms with Crippen LogP contribution in [0.2, 0.25) is 0 Å². The first kappa shape index (κ1) is 15.3. The van der Waals surface area contributed by atoms with E-state index in [1.807, 2.05) is 6.92 Å². The van der Waals surface area contributed by atoms with Crippen LogP contribution in [-0.2, 0) is 13.1 Å². The van der Waals surface area contributed by atoms with Gasteiger partial charge in [-0.25, -0.2) is 26.9 Å². The molecular weight excluding hydrogens is 293 g/mol. The third-order valence-corrected chi connectivity index (χ3v) is 2.92. The van der Waals surface area contributed by atoms with Crippen LogP contribution in [0.1, 0.15) is 19.0 Å². The van der Waals surface area contributed by atoms with E-state index in [9.17, 15) is 22.0 Å². The van der Waals surface area contributed by atoms with Crippen LogP contribution in [0.3, 0.4) is 0 Å². The molecule has 2 rings (SSSR count). The van der Waals surface area contributed by atoms with Crippen LogP contribution in [-0.4, -0.2) is 9.55 Å². The van der Waals surface area contributed by atoms with E-state index in [2.05, 4.69) is 10.3 Å². The SMILES string of the molecule is CCCn1cncc1CNc1c(F)c(F)c(F)c(F)c1F. The zero-order valence-corrected chi connectivity index (χ0v) is 11.1. The number of hydrogen-bond acceptors (Lipinski definition) is 2. The minimum Gasteiger partial charge on any atom is -0.374 e. The second kappa shape index (κ2) is 6.11. The zero-order valence-electron chi connectivity index (χ0n) is 11.1. The van der Waals surface area contributed by atoms with Crippen LogP contribution in [0.15, 0.2) is 12.5 Å². The number of hydrogen-bond donors (Lipinski definition) is 1. The maximum atomic E-state index is 13.5. The monoisotopic (exact) mass is 305 g/mol. The fraction of sp³-hybridized carbons (Fsp3) is 0.308. The van der Waals surface area contributed by atoms with Gasteiger partial charge < -0.3 is 9.88 Å². The predicted molar refractivity (Wildman–Crippen MR) is 66.1 cm³/mol. The molecule has 8 heteroatoms. The van der Waals surface area contributed by atoms with Crippen molar-refractivity contribution < 1.29 is 22.0 Å². The topological polar surface area (TPSA) is 29.9 Å². The first-order valence-corrected chi connectivity index (χ1v) is 6.21. The Morgan fingerprint density at radius 1 is 1.00 bits per heavy atom. The van der Waals surface area contributed by atoms with Crippen molar-refractivity contribution >= 4 is 5.69 Å². The summed E-state index contributed by atoms with van der Waals surface area (Å²) in [5.74, 6) is -9.88. The number of benzene rings is 1. The van der Waals surface area contributed by atoms with Gasteiger partial charge in [0, 0.05) is 12.7 Å². The quantitative estimate of drug-likeness (QED) is 0.519. The first-order chi connectivity index (χ1) is 9.97. The number of halogens is 5. The van der Waals surface area contributed by atoms with E-state index in [0.29, 0.717) is 12.2 Å². The molecule has 0 unspecified atom stereocenters. The summed E-state index contributed by atoms with van der Waals surface area (Å²) >= 11 is 0. The Kier molecular flexibility index (Phi) is 4.44. The zero-order chi connectivity index (χ0) is 15.6. The standard InChI is InChI=1S/C13H12F5N3/c1-2-3-21-6-19-4-7(21)5-20-13-11(17)9(15)8(14)10(16)12(13)18/h4,6,20H,2-3,5H2,1H3. The summed E-state index contributed by atoms with van der Waals surface area (Å²) in [7, 11) is 0. The third-order valence-electron chi connectivity index (χ3n) is 2.92. The second-order valence-corrected chi connectivity index (χ2v) is 4.38. The molecule has 0 radical (unpaired) electrons. The third kappa shape index (κ3) is 2.84. The molecule has 21 heavy (non-hydrogen) atoms. The van der Waals surface area contributed by atoms with Crippen LogP contribution in [0.25, 0.3) is 0 Å².